The topological polar surface area (TPSA) is 3.24 Å². The van der Waals surface area contributed by atoms with Crippen LogP contribution in [0.4, 0.5) is 17.1 Å². The van der Waals surface area contributed by atoms with Gasteiger partial charge in [0.25, 0.3) is 0 Å². The molecular weight excluding hydrogens is 542 g/mol. The Balaban J connectivity index is 1.35. The summed E-state index contributed by atoms with van der Waals surface area (Å²) in [6.45, 7) is 7.04. The van der Waals surface area contributed by atoms with Gasteiger partial charge in [-0.25, -0.2) is 0 Å². The lowest BCUT2D eigenvalue weighted by Gasteiger charge is -2.33. The summed E-state index contributed by atoms with van der Waals surface area (Å²) in [6, 6.07) is 47.8. The van der Waals surface area contributed by atoms with E-state index in [9.17, 15) is 0 Å². The number of rotatable bonds is 5. The van der Waals surface area contributed by atoms with Crippen molar-refractivity contribution in [3.8, 4) is 22.3 Å². The average Bonchev–Trinajstić information content (AvgIpc) is 3.32. The fourth-order valence-electron chi connectivity index (χ4n) is 8.14. The molecule has 0 amide bonds. The highest BCUT2D eigenvalue weighted by Crippen LogP contribution is 2.52. The summed E-state index contributed by atoms with van der Waals surface area (Å²) in [4.78, 5) is 2.55. The van der Waals surface area contributed by atoms with Crippen LogP contribution < -0.4 is 4.90 Å². The van der Waals surface area contributed by atoms with Crippen molar-refractivity contribution in [3.05, 3.63) is 150 Å². The highest BCUT2D eigenvalue weighted by atomic mass is 15.1. The van der Waals surface area contributed by atoms with Gasteiger partial charge in [0.1, 0.15) is 0 Å². The number of benzene rings is 6. The smallest absolute Gasteiger partial charge is 0.0502 e. The number of fused-ring (bicyclic) bond motifs is 4. The lowest BCUT2D eigenvalue weighted by molar-refractivity contribution is 0.444. The molecule has 6 aromatic rings. The van der Waals surface area contributed by atoms with Gasteiger partial charge in [-0.15, -0.1) is 0 Å². The van der Waals surface area contributed by atoms with Crippen LogP contribution >= 0.6 is 0 Å². The van der Waals surface area contributed by atoms with E-state index in [1.54, 1.807) is 0 Å². The molecule has 8 rings (SSSR count). The molecule has 0 N–H and O–H groups in total. The van der Waals surface area contributed by atoms with E-state index in [-0.39, 0.29) is 5.41 Å². The second-order valence-corrected chi connectivity index (χ2v) is 13.7. The molecule has 222 valence electrons. The summed E-state index contributed by atoms with van der Waals surface area (Å²) in [6.07, 6.45) is 6.50. The molecule has 0 radical (unpaired) electrons. The normalized spacial score (nSPS) is 15.5. The molecule has 2 aliphatic rings. The number of nitrogens with zero attached hydrogens (tertiary/aromatic N) is 1. The lowest BCUT2D eigenvalue weighted by atomic mass is 9.81. The van der Waals surface area contributed by atoms with Crippen molar-refractivity contribution in [2.45, 2.75) is 64.2 Å². The number of hydrogen-bond donors (Lipinski definition) is 0. The SMILES string of the molecule is Cc1cccc2c1-c1ccc(N(c3ccc(-c4ccccc4)cc3)c3cc4ccccc4cc3C3CCCCC3)cc1C2(C)C. The van der Waals surface area contributed by atoms with E-state index in [2.05, 4.69) is 153 Å². The molecule has 1 saturated carbocycles. The third kappa shape index (κ3) is 4.77. The third-order valence-electron chi connectivity index (χ3n) is 10.6. The van der Waals surface area contributed by atoms with Crippen LogP contribution in [0.15, 0.2) is 127 Å². The van der Waals surface area contributed by atoms with E-state index in [1.165, 1.54) is 104 Å². The number of hydrogen-bond acceptors (Lipinski definition) is 1. The first kappa shape index (κ1) is 27.9. The Hall–Kier alpha value is -4.62. The quantitative estimate of drug-likeness (QED) is 0.195. The molecule has 1 fully saturated rings. The standard InChI is InChI=1S/C44H41N/c1-30-13-12-20-40-43(30)38-26-25-37(29-41(38)44(40,2)3)45(36-23-21-32(22-24-36)31-14-6-4-7-15-31)42-28-35-19-11-10-18-34(35)27-39(42)33-16-8-5-9-17-33/h4,6-7,10-15,18-29,33H,5,8-9,16-17H2,1-3H3. The van der Waals surface area contributed by atoms with Crippen LogP contribution in [0, 0.1) is 6.92 Å². The Morgan fingerprint density at radius 1 is 0.578 bits per heavy atom. The molecule has 0 saturated heterocycles. The summed E-state index contributed by atoms with van der Waals surface area (Å²) in [5.74, 6) is 0.572. The van der Waals surface area contributed by atoms with Gasteiger partial charge in [0.05, 0.1) is 5.69 Å². The minimum atomic E-state index is -0.0644. The van der Waals surface area contributed by atoms with Gasteiger partial charge in [-0.3, -0.25) is 0 Å². The number of aryl methyl sites for hydroxylation is 1. The van der Waals surface area contributed by atoms with Crippen molar-refractivity contribution in [2.75, 3.05) is 4.90 Å². The summed E-state index contributed by atoms with van der Waals surface area (Å²) >= 11 is 0. The molecule has 1 heteroatoms. The molecule has 0 heterocycles. The Morgan fingerprint density at radius 2 is 1.24 bits per heavy atom. The highest BCUT2D eigenvalue weighted by molar-refractivity contribution is 5.93. The first-order chi connectivity index (χ1) is 22.0. The van der Waals surface area contributed by atoms with Gasteiger partial charge < -0.3 is 4.90 Å². The van der Waals surface area contributed by atoms with E-state index >= 15 is 0 Å². The van der Waals surface area contributed by atoms with Gasteiger partial charge in [0.2, 0.25) is 0 Å². The molecule has 0 unspecified atom stereocenters. The Kier molecular flexibility index (Phi) is 6.86. The predicted octanol–water partition coefficient (Wildman–Crippen LogP) is 12.6. The van der Waals surface area contributed by atoms with Crippen LogP contribution in [0.2, 0.25) is 0 Å². The molecule has 1 nitrogen and oxygen atoms in total. The zero-order valence-corrected chi connectivity index (χ0v) is 26.7. The van der Waals surface area contributed by atoms with E-state index in [4.69, 9.17) is 0 Å². The predicted molar refractivity (Wildman–Crippen MR) is 192 cm³/mol. The molecule has 45 heavy (non-hydrogen) atoms. The maximum absolute atomic E-state index is 2.55. The summed E-state index contributed by atoms with van der Waals surface area (Å²) in [7, 11) is 0. The van der Waals surface area contributed by atoms with Crippen molar-refractivity contribution in [1.29, 1.82) is 0 Å². The molecule has 0 aliphatic heterocycles. The van der Waals surface area contributed by atoms with Crippen molar-refractivity contribution in [2.24, 2.45) is 0 Å². The maximum Gasteiger partial charge on any atom is 0.0502 e. The zero-order valence-electron chi connectivity index (χ0n) is 26.7. The van der Waals surface area contributed by atoms with Crippen LogP contribution in [0.1, 0.15) is 74.1 Å². The minimum absolute atomic E-state index is 0.0644. The second kappa shape index (κ2) is 11.1. The van der Waals surface area contributed by atoms with Gasteiger partial charge in [0, 0.05) is 16.8 Å². The largest absolute Gasteiger partial charge is 0.310 e. The van der Waals surface area contributed by atoms with Crippen LogP contribution in [0.3, 0.4) is 0 Å². The lowest BCUT2D eigenvalue weighted by Crippen LogP contribution is -2.18. The van der Waals surface area contributed by atoms with Crippen LogP contribution in [-0.2, 0) is 5.41 Å². The molecule has 0 bridgehead atoms. The first-order valence-corrected chi connectivity index (χ1v) is 16.7. The van der Waals surface area contributed by atoms with Crippen molar-refractivity contribution in [3.63, 3.8) is 0 Å². The second-order valence-electron chi connectivity index (χ2n) is 13.7. The van der Waals surface area contributed by atoms with Crippen LogP contribution in [0.5, 0.6) is 0 Å². The van der Waals surface area contributed by atoms with E-state index < -0.39 is 0 Å². The molecule has 0 spiro atoms. The third-order valence-corrected chi connectivity index (χ3v) is 10.6. The maximum atomic E-state index is 2.55. The van der Waals surface area contributed by atoms with Crippen molar-refractivity contribution >= 4 is 27.8 Å². The van der Waals surface area contributed by atoms with Gasteiger partial charge in [-0.05, 0) is 117 Å². The summed E-state index contributed by atoms with van der Waals surface area (Å²) in [5.41, 5.74) is 14.6. The first-order valence-electron chi connectivity index (χ1n) is 16.7. The van der Waals surface area contributed by atoms with Gasteiger partial charge in [-0.2, -0.15) is 0 Å². The fraction of sp³-hybridized carbons (Fsp3) is 0.227. The van der Waals surface area contributed by atoms with Crippen LogP contribution in [0.25, 0.3) is 33.0 Å². The van der Waals surface area contributed by atoms with E-state index in [0.717, 1.165) is 0 Å². The summed E-state index contributed by atoms with van der Waals surface area (Å²) < 4.78 is 0. The highest BCUT2D eigenvalue weighted by Gasteiger charge is 2.37. The monoisotopic (exact) mass is 583 g/mol. The molecule has 6 aromatic carbocycles. The van der Waals surface area contributed by atoms with Crippen LogP contribution in [-0.4, -0.2) is 0 Å². The van der Waals surface area contributed by atoms with Gasteiger partial charge in [-0.1, -0.05) is 124 Å². The van der Waals surface area contributed by atoms with Crippen molar-refractivity contribution in [1.82, 2.24) is 0 Å². The van der Waals surface area contributed by atoms with Gasteiger partial charge in [0.15, 0.2) is 0 Å². The molecular formula is C44H41N. The minimum Gasteiger partial charge on any atom is -0.310 e. The molecule has 0 atom stereocenters. The molecule has 2 aliphatic carbocycles. The van der Waals surface area contributed by atoms with Crippen molar-refractivity contribution < 1.29 is 0 Å². The summed E-state index contributed by atoms with van der Waals surface area (Å²) in [5, 5.41) is 2.63. The average molecular weight is 584 g/mol. The fourth-order valence-corrected chi connectivity index (χ4v) is 8.14. The Morgan fingerprint density at radius 3 is 2.00 bits per heavy atom. The Bertz CT molecular complexity index is 2010. The number of anilines is 3. The van der Waals surface area contributed by atoms with E-state index in [0.29, 0.717) is 5.92 Å². The van der Waals surface area contributed by atoms with Gasteiger partial charge >= 0.3 is 0 Å². The van der Waals surface area contributed by atoms with E-state index in [1.807, 2.05) is 0 Å². The Labute approximate surface area is 268 Å². The molecule has 0 aromatic heterocycles. The zero-order chi connectivity index (χ0) is 30.5.